The molecule has 0 atom stereocenters. The summed E-state index contributed by atoms with van der Waals surface area (Å²) in [4.78, 5) is 25.2. The number of carbonyl (C=O) groups is 2. The number of carbonyl (C=O) groups excluding carboxylic acids is 2. The molecule has 0 saturated carbocycles. The maximum absolute atomic E-state index is 12.6. The first kappa shape index (κ1) is 19.9. The number of phenols is 1. The number of hydrogen-bond donors (Lipinski definition) is 1. The van der Waals surface area contributed by atoms with Gasteiger partial charge in [-0.3, -0.25) is 0 Å². The Labute approximate surface area is 168 Å². The monoisotopic (exact) mass is 388 g/mol. The number of ether oxygens (including phenoxy) is 2. The van der Waals surface area contributed by atoms with Crippen molar-refractivity contribution in [1.82, 2.24) is 0 Å². The minimum atomic E-state index is -0.778. The van der Waals surface area contributed by atoms with Gasteiger partial charge in [0.05, 0.1) is 0 Å². The zero-order chi connectivity index (χ0) is 20.5. The molecule has 3 aromatic rings. The Hall–Kier alpha value is -3.86. The van der Waals surface area contributed by atoms with Gasteiger partial charge in [0, 0.05) is 0 Å². The number of rotatable bonds is 7. The fraction of sp³-hybridized carbons (Fsp3) is 0.0833. The third-order valence-electron chi connectivity index (χ3n) is 4.07. The van der Waals surface area contributed by atoms with Gasteiger partial charge in [0.25, 0.3) is 0 Å². The average Bonchev–Trinajstić information content (AvgIpc) is 2.77. The molecular weight excluding hydrogens is 368 g/mol. The van der Waals surface area contributed by atoms with E-state index in [9.17, 15) is 14.7 Å². The second-order valence-corrected chi connectivity index (χ2v) is 6.27. The van der Waals surface area contributed by atoms with Crippen LogP contribution in [0.1, 0.15) is 16.7 Å². The van der Waals surface area contributed by atoms with Crippen LogP contribution in [0.15, 0.2) is 90.5 Å². The van der Waals surface area contributed by atoms with Crippen LogP contribution in [0.2, 0.25) is 0 Å². The summed E-state index contributed by atoms with van der Waals surface area (Å²) >= 11 is 0. The van der Waals surface area contributed by atoms with Crippen LogP contribution in [0.3, 0.4) is 0 Å². The average molecular weight is 388 g/mol. The molecule has 0 aliphatic heterocycles. The molecule has 0 spiro atoms. The Morgan fingerprint density at radius 2 is 1.14 bits per heavy atom. The summed E-state index contributed by atoms with van der Waals surface area (Å²) in [5.41, 5.74) is 1.96. The zero-order valence-corrected chi connectivity index (χ0v) is 15.7. The van der Waals surface area contributed by atoms with E-state index in [1.165, 1.54) is 18.2 Å². The molecule has 0 radical (unpaired) electrons. The van der Waals surface area contributed by atoms with Gasteiger partial charge >= 0.3 is 11.9 Å². The van der Waals surface area contributed by atoms with Crippen molar-refractivity contribution in [2.75, 3.05) is 0 Å². The van der Waals surface area contributed by atoms with E-state index in [1.54, 1.807) is 12.1 Å². The lowest BCUT2D eigenvalue weighted by molar-refractivity contribution is -0.148. The van der Waals surface area contributed by atoms with Gasteiger partial charge in [-0.05, 0) is 34.9 Å². The third-order valence-corrected chi connectivity index (χ3v) is 4.07. The van der Waals surface area contributed by atoms with Crippen LogP contribution in [0.25, 0.3) is 6.08 Å². The van der Waals surface area contributed by atoms with Crippen LogP contribution in [-0.4, -0.2) is 17.0 Å². The highest BCUT2D eigenvalue weighted by molar-refractivity contribution is 6.17. The van der Waals surface area contributed by atoms with E-state index in [4.69, 9.17) is 9.47 Å². The van der Waals surface area contributed by atoms with Gasteiger partial charge in [-0.2, -0.15) is 0 Å². The highest BCUT2D eigenvalue weighted by Gasteiger charge is 2.22. The van der Waals surface area contributed by atoms with Crippen LogP contribution < -0.4 is 0 Å². The summed E-state index contributed by atoms with van der Waals surface area (Å²) in [7, 11) is 0. The Kier molecular flexibility index (Phi) is 6.79. The predicted molar refractivity (Wildman–Crippen MR) is 109 cm³/mol. The molecule has 5 heteroatoms. The van der Waals surface area contributed by atoms with E-state index >= 15 is 0 Å². The topological polar surface area (TPSA) is 72.8 Å². The van der Waals surface area contributed by atoms with Crippen LogP contribution in [-0.2, 0) is 32.3 Å². The van der Waals surface area contributed by atoms with Crippen molar-refractivity contribution in [3.8, 4) is 5.75 Å². The van der Waals surface area contributed by atoms with Gasteiger partial charge in [-0.1, -0.05) is 72.8 Å². The molecule has 0 unspecified atom stereocenters. The number of esters is 2. The number of phenolic OH excluding ortho intramolecular Hbond substituents is 1. The van der Waals surface area contributed by atoms with E-state index in [-0.39, 0.29) is 24.5 Å². The first-order valence-electron chi connectivity index (χ1n) is 9.04. The second kappa shape index (κ2) is 9.90. The van der Waals surface area contributed by atoms with Gasteiger partial charge in [0.15, 0.2) is 0 Å². The fourth-order valence-electron chi connectivity index (χ4n) is 2.54. The lowest BCUT2D eigenvalue weighted by Crippen LogP contribution is -2.18. The molecule has 3 aromatic carbocycles. The summed E-state index contributed by atoms with van der Waals surface area (Å²) in [5.74, 6) is -1.47. The molecule has 1 N–H and O–H groups in total. The SMILES string of the molecule is O=C(OCc1ccccc1)C(=Cc1ccc(O)cc1)C(=O)OCc1ccccc1. The van der Waals surface area contributed by atoms with E-state index in [1.807, 2.05) is 60.7 Å². The van der Waals surface area contributed by atoms with Crippen molar-refractivity contribution >= 4 is 18.0 Å². The minimum Gasteiger partial charge on any atom is -0.508 e. The van der Waals surface area contributed by atoms with Crippen LogP contribution in [0.5, 0.6) is 5.75 Å². The molecule has 0 heterocycles. The van der Waals surface area contributed by atoms with Crippen LogP contribution in [0.4, 0.5) is 0 Å². The van der Waals surface area contributed by atoms with E-state index in [0.29, 0.717) is 5.56 Å². The van der Waals surface area contributed by atoms with E-state index in [0.717, 1.165) is 11.1 Å². The molecule has 146 valence electrons. The van der Waals surface area contributed by atoms with Crippen molar-refractivity contribution in [3.63, 3.8) is 0 Å². The molecule has 3 rings (SSSR count). The van der Waals surface area contributed by atoms with Crippen LogP contribution >= 0.6 is 0 Å². The van der Waals surface area contributed by atoms with Crippen molar-refractivity contribution in [2.24, 2.45) is 0 Å². The Morgan fingerprint density at radius 3 is 1.59 bits per heavy atom. The first-order valence-corrected chi connectivity index (χ1v) is 9.04. The van der Waals surface area contributed by atoms with E-state index in [2.05, 4.69) is 0 Å². The minimum absolute atomic E-state index is 0.0402. The molecule has 29 heavy (non-hydrogen) atoms. The summed E-state index contributed by atoms with van der Waals surface area (Å²) < 4.78 is 10.6. The Bertz CT molecular complexity index is 919. The van der Waals surface area contributed by atoms with Crippen molar-refractivity contribution in [3.05, 3.63) is 107 Å². The highest BCUT2D eigenvalue weighted by Crippen LogP contribution is 2.16. The van der Waals surface area contributed by atoms with Gasteiger partial charge in [0.2, 0.25) is 0 Å². The highest BCUT2D eigenvalue weighted by atomic mass is 16.6. The quantitative estimate of drug-likeness (QED) is 0.283. The van der Waals surface area contributed by atoms with Gasteiger partial charge in [-0.25, -0.2) is 9.59 Å². The summed E-state index contributed by atoms with van der Waals surface area (Å²) in [5, 5.41) is 9.43. The summed E-state index contributed by atoms with van der Waals surface area (Å²) in [6.07, 6.45) is 1.39. The molecule has 0 fully saturated rings. The smallest absolute Gasteiger partial charge is 0.345 e. The molecule has 0 aliphatic rings. The zero-order valence-electron chi connectivity index (χ0n) is 15.7. The Balaban J connectivity index is 1.75. The molecular formula is C24H20O5. The second-order valence-electron chi connectivity index (χ2n) is 6.27. The van der Waals surface area contributed by atoms with Crippen molar-refractivity contribution in [1.29, 1.82) is 0 Å². The lowest BCUT2D eigenvalue weighted by Gasteiger charge is -2.10. The number of aromatic hydroxyl groups is 1. The molecule has 5 nitrogen and oxygen atoms in total. The molecule has 0 amide bonds. The fourth-order valence-corrected chi connectivity index (χ4v) is 2.54. The molecule has 0 saturated heterocycles. The molecule has 0 aromatic heterocycles. The maximum Gasteiger partial charge on any atom is 0.345 e. The first-order chi connectivity index (χ1) is 14.1. The lowest BCUT2D eigenvalue weighted by atomic mass is 10.1. The summed E-state index contributed by atoms with van der Waals surface area (Å²) in [6, 6.07) is 24.5. The van der Waals surface area contributed by atoms with Crippen molar-refractivity contribution in [2.45, 2.75) is 13.2 Å². The predicted octanol–water partition coefficient (Wildman–Crippen LogP) is 4.26. The molecule has 0 bridgehead atoms. The van der Waals surface area contributed by atoms with Crippen LogP contribution in [0, 0.1) is 0 Å². The molecule has 0 aliphatic carbocycles. The van der Waals surface area contributed by atoms with Crippen molar-refractivity contribution < 1.29 is 24.2 Å². The largest absolute Gasteiger partial charge is 0.508 e. The van der Waals surface area contributed by atoms with Gasteiger partial charge < -0.3 is 14.6 Å². The standard InChI is InChI=1S/C24H20O5/c25-21-13-11-18(12-14-21)15-22(23(26)28-16-19-7-3-1-4-8-19)24(27)29-17-20-9-5-2-6-10-20/h1-15,25H,16-17H2. The normalized spacial score (nSPS) is 10.1. The van der Waals surface area contributed by atoms with E-state index < -0.39 is 11.9 Å². The summed E-state index contributed by atoms with van der Waals surface area (Å²) in [6.45, 7) is 0.0805. The maximum atomic E-state index is 12.6. The Morgan fingerprint density at radius 1 is 0.690 bits per heavy atom. The van der Waals surface area contributed by atoms with Gasteiger partial charge in [-0.15, -0.1) is 0 Å². The number of benzene rings is 3. The van der Waals surface area contributed by atoms with Gasteiger partial charge in [0.1, 0.15) is 24.5 Å². The third kappa shape index (κ3) is 6.07. The number of hydrogen-bond acceptors (Lipinski definition) is 5.